The van der Waals surface area contributed by atoms with Gasteiger partial charge in [-0.2, -0.15) is 0 Å². The molecule has 25 heavy (non-hydrogen) atoms. The van der Waals surface area contributed by atoms with Crippen LogP contribution in [-0.2, 0) is 4.74 Å². The Labute approximate surface area is 159 Å². The van der Waals surface area contributed by atoms with Gasteiger partial charge in [-0.15, -0.1) is 0 Å². The van der Waals surface area contributed by atoms with Gasteiger partial charge in [-0.25, -0.2) is 4.79 Å². The summed E-state index contributed by atoms with van der Waals surface area (Å²) in [5.74, 6) is -0.231. The van der Waals surface area contributed by atoms with Crippen LogP contribution >= 0.6 is 11.6 Å². The molecule has 0 aliphatic heterocycles. The lowest BCUT2D eigenvalue weighted by Crippen LogP contribution is -2.18. The molecule has 0 aliphatic carbocycles. The van der Waals surface area contributed by atoms with E-state index in [9.17, 15) is 4.79 Å². The van der Waals surface area contributed by atoms with Crippen molar-refractivity contribution in [2.24, 2.45) is 0 Å². The summed E-state index contributed by atoms with van der Waals surface area (Å²) < 4.78 is 5.71. The number of benzene rings is 1. The number of ether oxygens (including phenoxy) is 1. The first-order chi connectivity index (χ1) is 12.2. The largest absolute Gasteiger partial charge is 0.459 e. The van der Waals surface area contributed by atoms with E-state index in [1.54, 1.807) is 24.3 Å². The molecule has 0 bridgehead atoms. The van der Waals surface area contributed by atoms with Crippen molar-refractivity contribution < 1.29 is 9.53 Å². The van der Waals surface area contributed by atoms with Crippen LogP contribution in [0.4, 0.5) is 0 Å². The third-order valence-electron chi connectivity index (χ3n) is 4.59. The molecule has 0 aliphatic rings. The third kappa shape index (κ3) is 10.5. The van der Waals surface area contributed by atoms with E-state index in [1.807, 2.05) is 0 Å². The van der Waals surface area contributed by atoms with E-state index in [2.05, 4.69) is 13.8 Å². The van der Waals surface area contributed by atoms with Gasteiger partial charge in [-0.05, 0) is 43.5 Å². The molecule has 0 N–H and O–H groups in total. The zero-order valence-corrected chi connectivity index (χ0v) is 16.8. The van der Waals surface area contributed by atoms with Crippen molar-refractivity contribution in [2.45, 2.75) is 97.0 Å². The molecule has 1 unspecified atom stereocenters. The summed E-state index contributed by atoms with van der Waals surface area (Å²) in [4.78, 5) is 12.2. The van der Waals surface area contributed by atoms with Crippen molar-refractivity contribution >= 4 is 17.6 Å². The zero-order chi connectivity index (χ0) is 18.3. The predicted molar refractivity (Wildman–Crippen MR) is 107 cm³/mol. The van der Waals surface area contributed by atoms with Gasteiger partial charge in [-0.1, -0.05) is 83.2 Å². The van der Waals surface area contributed by atoms with E-state index < -0.39 is 0 Å². The fourth-order valence-corrected chi connectivity index (χ4v) is 3.20. The van der Waals surface area contributed by atoms with E-state index in [-0.39, 0.29) is 12.1 Å². The number of esters is 1. The van der Waals surface area contributed by atoms with Crippen molar-refractivity contribution in [1.29, 1.82) is 0 Å². The lowest BCUT2D eigenvalue weighted by Gasteiger charge is -2.17. The van der Waals surface area contributed by atoms with Gasteiger partial charge in [0.1, 0.15) is 6.10 Å². The van der Waals surface area contributed by atoms with Crippen molar-refractivity contribution in [2.75, 3.05) is 0 Å². The Hall–Kier alpha value is -1.02. The molecule has 3 heteroatoms. The molecule has 0 fully saturated rings. The highest BCUT2D eigenvalue weighted by Gasteiger charge is 2.15. The minimum Gasteiger partial charge on any atom is -0.459 e. The number of halogens is 1. The van der Waals surface area contributed by atoms with E-state index in [0.717, 1.165) is 25.7 Å². The molecule has 2 nitrogen and oxygen atoms in total. The Morgan fingerprint density at radius 3 is 1.96 bits per heavy atom. The lowest BCUT2D eigenvalue weighted by molar-refractivity contribution is 0.0253. The molecule has 0 aromatic heterocycles. The fourth-order valence-electron chi connectivity index (χ4n) is 3.07. The van der Waals surface area contributed by atoms with Crippen molar-refractivity contribution in [3.05, 3.63) is 34.9 Å². The number of hydrogen-bond acceptors (Lipinski definition) is 2. The second-order valence-electron chi connectivity index (χ2n) is 6.94. The highest BCUT2D eigenvalue weighted by molar-refractivity contribution is 6.30. The molecule has 0 heterocycles. The maximum atomic E-state index is 12.2. The molecule has 1 aromatic rings. The first-order valence-electron chi connectivity index (χ1n) is 10.1. The van der Waals surface area contributed by atoms with Crippen LogP contribution < -0.4 is 0 Å². The van der Waals surface area contributed by atoms with E-state index in [0.29, 0.717) is 10.6 Å². The molecule has 0 saturated carbocycles. The fraction of sp³-hybridized carbons (Fsp3) is 0.682. The second-order valence-corrected chi connectivity index (χ2v) is 7.38. The number of unbranched alkanes of at least 4 members (excludes halogenated alkanes) is 8. The summed E-state index contributed by atoms with van der Waals surface area (Å²) in [6, 6.07) is 6.92. The van der Waals surface area contributed by atoms with Crippen LogP contribution in [0.1, 0.15) is 101 Å². The standard InChI is InChI=1S/C22H35ClO2/c1-3-5-6-7-8-9-10-11-12-14-21(13-4-2)25-22(24)19-15-17-20(23)18-16-19/h15-18,21H,3-14H2,1-2H3. The van der Waals surface area contributed by atoms with Crippen LogP contribution in [0.5, 0.6) is 0 Å². The van der Waals surface area contributed by atoms with Gasteiger partial charge in [0.15, 0.2) is 0 Å². The Morgan fingerprint density at radius 1 is 0.840 bits per heavy atom. The van der Waals surface area contributed by atoms with Gasteiger partial charge in [-0.3, -0.25) is 0 Å². The topological polar surface area (TPSA) is 26.3 Å². The van der Waals surface area contributed by atoms with Crippen LogP contribution in [0.3, 0.4) is 0 Å². The molecule has 0 radical (unpaired) electrons. The van der Waals surface area contributed by atoms with E-state index >= 15 is 0 Å². The minimum absolute atomic E-state index is 0.0396. The zero-order valence-electron chi connectivity index (χ0n) is 16.1. The molecule has 1 rings (SSSR count). The smallest absolute Gasteiger partial charge is 0.338 e. The van der Waals surface area contributed by atoms with Crippen LogP contribution in [-0.4, -0.2) is 12.1 Å². The Balaban J connectivity index is 2.21. The van der Waals surface area contributed by atoms with Gasteiger partial charge < -0.3 is 4.74 Å². The quantitative estimate of drug-likeness (QED) is 0.250. The summed E-state index contributed by atoms with van der Waals surface area (Å²) in [6.45, 7) is 4.39. The Kier molecular flexibility index (Phi) is 12.5. The Morgan fingerprint density at radius 2 is 1.40 bits per heavy atom. The number of carbonyl (C=O) groups excluding carboxylic acids is 1. The predicted octanol–water partition coefficient (Wildman–Crippen LogP) is 7.59. The van der Waals surface area contributed by atoms with Gasteiger partial charge in [0.05, 0.1) is 5.56 Å². The lowest BCUT2D eigenvalue weighted by atomic mass is 10.0. The SMILES string of the molecule is CCCCCCCCCCCC(CCC)OC(=O)c1ccc(Cl)cc1. The Bertz CT molecular complexity index is 456. The second kappa shape index (κ2) is 14.2. The third-order valence-corrected chi connectivity index (χ3v) is 4.85. The summed E-state index contributed by atoms with van der Waals surface area (Å²) in [5.41, 5.74) is 0.581. The van der Waals surface area contributed by atoms with Crippen molar-refractivity contribution in [1.82, 2.24) is 0 Å². The van der Waals surface area contributed by atoms with Crippen molar-refractivity contribution in [3.63, 3.8) is 0 Å². The monoisotopic (exact) mass is 366 g/mol. The molecule has 0 spiro atoms. The molecule has 142 valence electrons. The summed E-state index contributed by atoms with van der Waals surface area (Å²) in [6.07, 6.45) is 14.8. The first kappa shape index (κ1) is 22.0. The molecular weight excluding hydrogens is 332 g/mol. The first-order valence-corrected chi connectivity index (χ1v) is 10.5. The molecule has 1 atom stereocenters. The highest BCUT2D eigenvalue weighted by atomic mass is 35.5. The molecule has 0 saturated heterocycles. The normalized spacial score (nSPS) is 12.1. The van der Waals surface area contributed by atoms with Crippen LogP contribution in [0.15, 0.2) is 24.3 Å². The number of hydrogen-bond donors (Lipinski definition) is 0. The number of carbonyl (C=O) groups is 1. The maximum Gasteiger partial charge on any atom is 0.338 e. The van der Waals surface area contributed by atoms with Gasteiger partial charge in [0.25, 0.3) is 0 Å². The summed E-state index contributed by atoms with van der Waals surface area (Å²) in [7, 11) is 0. The minimum atomic E-state index is -0.231. The molecular formula is C22H35ClO2. The summed E-state index contributed by atoms with van der Waals surface area (Å²) >= 11 is 5.87. The van der Waals surface area contributed by atoms with Crippen LogP contribution in [0.25, 0.3) is 0 Å². The average Bonchev–Trinajstić information content (AvgIpc) is 2.61. The molecule has 1 aromatic carbocycles. The van der Waals surface area contributed by atoms with Gasteiger partial charge in [0, 0.05) is 5.02 Å². The van der Waals surface area contributed by atoms with E-state index in [4.69, 9.17) is 16.3 Å². The van der Waals surface area contributed by atoms with E-state index in [1.165, 1.54) is 51.4 Å². The number of rotatable bonds is 14. The maximum absolute atomic E-state index is 12.2. The highest BCUT2D eigenvalue weighted by Crippen LogP contribution is 2.17. The summed E-state index contributed by atoms with van der Waals surface area (Å²) in [5, 5.41) is 0.636. The molecule has 0 amide bonds. The van der Waals surface area contributed by atoms with Crippen LogP contribution in [0.2, 0.25) is 5.02 Å². The van der Waals surface area contributed by atoms with Crippen molar-refractivity contribution in [3.8, 4) is 0 Å². The van der Waals surface area contributed by atoms with Gasteiger partial charge >= 0.3 is 5.97 Å². The van der Waals surface area contributed by atoms with Crippen LogP contribution in [0, 0.1) is 0 Å². The van der Waals surface area contributed by atoms with Gasteiger partial charge in [0.2, 0.25) is 0 Å². The average molecular weight is 367 g/mol.